The maximum Gasteiger partial charge on any atom is 0.230 e. The zero-order valence-corrected chi connectivity index (χ0v) is 13.3. The standard InChI is InChI=1S/C16H21N3OS/c1-11-9-14(18-17-11)13-5-3-7-19(10-13)16(20)12(2)15-6-4-8-21-15/h4,6,8-9,12-13H,3,5,7,10H2,1-2H3,(H,17,18)/t12-,13+/m1/s1. The van der Waals surface area contributed by atoms with Crippen LogP contribution in [0.25, 0.3) is 0 Å². The molecule has 1 aliphatic heterocycles. The molecule has 4 nitrogen and oxygen atoms in total. The number of likely N-dealkylation sites (tertiary alicyclic amines) is 1. The van der Waals surface area contributed by atoms with Crippen LogP contribution in [-0.4, -0.2) is 34.1 Å². The predicted molar refractivity (Wildman–Crippen MR) is 84.6 cm³/mol. The van der Waals surface area contributed by atoms with Crippen molar-refractivity contribution in [2.24, 2.45) is 0 Å². The van der Waals surface area contributed by atoms with Gasteiger partial charge in [-0.3, -0.25) is 9.89 Å². The van der Waals surface area contributed by atoms with Gasteiger partial charge in [0.15, 0.2) is 0 Å². The molecule has 2 aromatic rings. The number of nitrogens with zero attached hydrogens (tertiary/aromatic N) is 2. The van der Waals surface area contributed by atoms with Crippen LogP contribution in [0, 0.1) is 6.92 Å². The van der Waals surface area contributed by atoms with E-state index < -0.39 is 0 Å². The summed E-state index contributed by atoms with van der Waals surface area (Å²) in [7, 11) is 0. The first kappa shape index (κ1) is 14.3. The summed E-state index contributed by atoms with van der Waals surface area (Å²) in [6, 6.07) is 6.16. The predicted octanol–water partition coefficient (Wildman–Crippen LogP) is 3.29. The Balaban J connectivity index is 1.69. The van der Waals surface area contributed by atoms with Gasteiger partial charge in [-0.1, -0.05) is 6.07 Å². The molecule has 112 valence electrons. The van der Waals surface area contributed by atoms with E-state index in [1.165, 1.54) is 0 Å². The number of hydrogen-bond acceptors (Lipinski definition) is 3. The lowest BCUT2D eigenvalue weighted by Crippen LogP contribution is -2.41. The molecular weight excluding hydrogens is 282 g/mol. The fourth-order valence-electron chi connectivity index (χ4n) is 3.00. The number of thiophene rings is 1. The number of H-pyrrole nitrogens is 1. The van der Waals surface area contributed by atoms with Gasteiger partial charge in [0, 0.05) is 29.6 Å². The second-order valence-electron chi connectivity index (χ2n) is 5.84. The van der Waals surface area contributed by atoms with Crippen molar-refractivity contribution >= 4 is 17.2 Å². The third kappa shape index (κ3) is 3.02. The van der Waals surface area contributed by atoms with E-state index >= 15 is 0 Å². The van der Waals surface area contributed by atoms with Gasteiger partial charge in [0.25, 0.3) is 0 Å². The maximum atomic E-state index is 12.7. The molecule has 0 saturated carbocycles. The Morgan fingerprint density at radius 1 is 1.57 bits per heavy atom. The number of nitrogens with one attached hydrogen (secondary N) is 1. The van der Waals surface area contributed by atoms with Gasteiger partial charge in [-0.25, -0.2) is 0 Å². The molecule has 1 N–H and O–H groups in total. The molecule has 1 amide bonds. The molecule has 3 heterocycles. The maximum absolute atomic E-state index is 12.7. The Labute approximate surface area is 129 Å². The Morgan fingerprint density at radius 2 is 2.43 bits per heavy atom. The molecule has 21 heavy (non-hydrogen) atoms. The summed E-state index contributed by atoms with van der Waals surface area (Å²) >= 11 is 1.66. The summed E-state index contributed by atoms with van der Waals surface area (Å²) in [5.74, 6) is 0.572. The fraction of sp³-hybridized carbons (Fsp3) is 0.500. The summed E-state index contributed by atoms with van der Waals surface area (Å²) in [5, 5.41) is 9.40. The third-order valence-electron chi connectivity index (χ3n) is 4.22. The zero-order chi connectivity index (χ0) is 14.8. The smallest absolute Gasteiger partial charge is 0.230 e. The van der Waals surface area contributed by atoms with Gasteiger partial charge >= 0.3 is 0 Å². The van der Waals surface area contributed by atoms with Crippen LogP contribution >= 0.6 is 11.3 Å². The molecular formula is C16H21N3OS. The van der Waals surface area contributed by atoms with Gasteiger partial charge in [0.2, 0.25) is 5.91 Å². The number of aromatic amines is 1. The van der Waals surface area contributed by atoms with Crippen molar-refractivity contribution in [1.82, 2.24) is 15.1 Å². The average molecular weight is 303 g/mol. The number of carbonyl (C=O) groups excluding carboxylic acids is 1. The number of aryl methyl sites for hydroxylation is 1. The minimum absolute atomic E-state index is 0.0373. The van der Waals surface area contributed by atoms with Gasteiger partial charge in [-0.2, -0.15) is 5.10 Å². The highest BCUT2D eigenvalue weighted by atomic mass is 32.1. The molecule has 0 spiro atoms. The van der Waals surface area contributed by atoms with Crippen LogP contribution in [0.1, 0.15) is 47.9 Å². The van der Waals surface area contributed by atoms with Gasteiger partial charge < -0.3 is 4.90 Å². The van der Waals surface area contributed by atoms with E-state index in [1.54, 1.807) is 11.3 Å². The molecule has 0 unspecified atom stereocenters. The van der Waals surface area contributed by atoms with Crippen molar-refractivity contribution in [2.75, 3.05) is 13.1 Å². The molecule has 0 bridgehead atoms. The summed E-state index contributed by atoms with van der Waals surface area (Å²) in [6.07, 6.45) is 2.17. The SMILES string of the molecule is Cc1cc([C@H]2CCCN(C(=O)[C@H](C)c3cccs3)C2)n[nH]1. The number of carbonyl (C=O) groups is 1. The quantitative estimate of drug-likeness (QED) is 0.946. The highest BCUT2D eigenvalue weighted by Gasteiger charge is 2.29. The van der Waals surface area contributed by atoms with Crippen molar-refractivity contribution in [3.05, 3.63) is 39.8 Å². The van der Waals surface area contributed by atoms with Crippen LogP contribution in [0.5, 0.6) is 0 Å². The monoisotopic (exact) mass is 303 g/mol. The van der Waals surface area contributed by atoms with Crippen molar-refractivity contribution in [2.45, 2.75) is 38.5 Å². The number of hydrogen-bond donors (Lipinski definition) is 1. The Bertz CT molecular complexity index is 605. The normalized spacial score (nSPS) is 20.5. The third-order valence-corrected chi connectivity index (χ3v) is 5.27. The molecule has 1 saturated heterocycles. The molecule has 2 aromatic heterocycles. The number of rotatable bonds is 3. The Morgan fingerprint density at radius 3 is 3.10 bits per heavy atom. The lowest BCUT2D eigenvalue weighted by molar-refractivity contribution is -0.133. The number of aromatic nitrogens is 2. The molecule has 2 atom stereocenters. The van der Waals surface area contributed by atoms with Crippen LogP contribution in [0.3, 0.4) is 0 Å². The highest BCUT2D eigenvalue weighted by Crippen LogP contribution is 2.29. The largest absolute Gasteiger partial charge is 0.341 e. The second-order valence-corrected chi connectivity index (χ2v) is 6.82. The fourth-order valence-corrected chi connectivity index (χ4v) is 3.78. The summed E-state index contributed by atoms with van der Waals surface area (Å²) in [6.45, 7) is 5.69. The van der Waals surface area contributed by atoms with E-state index in [2.05, 4.69) is 16.3 Å². The first-order valence-electron chi connectivity index (χ1n) is 7.49. The van der Waals surface area contributed by atoms with Gasteiger partial charge in [-0.05, 0) is 44.2 Å². The van der Waals surface area contributed by atoms with Crippen LogP contribution in [0.2, 0.25) is 0 Å². The van der Waals surface area contributed by atoms with E-state index in [0.717, 1.165) is 42.2 Å². The lowest BCUT2D eigenvalue weighted by Gasteiger charge is -2.33. The molecule has 1 fully saturated rings. The number of piperidine rings is 1. The lowest BCUT2D eigenvalue weighted by atomic mass is 9.93. The Hall–Kier alpha value is -1.62. The van der Waals surface area contributed by atoms with E-state index in [4.69, 9.17) is 0 Å². The Kier molecular flexibility index (Phi) is 4.10. The molecule has 1 aliphatic rings. The first-order valence-corrected chi connectivity index (χ1v) is 8.37. The van der Waals surface area contributed by atoms with Crippen LogP contribution < -0.4 is 0 Å². The molecule has 0 aliphatic carbocycles. The van der Waals surface area contributed by atoms with Gasteiger partial charge in [-0.15, -0.1) is 11.3 Å². The molecule has 0 aromatic carbocycles. The van der Waals surface area contributed by atoms with Gasteiger partial charge in [0.1, 0.15) is 0 Å². The van der Waals surface area contributed by atoms with Crippen LogP contribution in [-0.2, 0) is 4.79 Å². The molecule has 5 heteroatoms. The van der Waals surface area contributed by atoms with Crippen molar-refractivity contribution < 1.29 is 4.79 Å². The van der Waals surface area contributed by atoms with Crippen LogP contribution in [0.15, 0.2) is 23.6 Å². The molecule has 0 radical (unpaired) electrons. The highest BCUT2D eigenvalue weighted by molar-refractivity contribution is 7.10. The minimum atomic E-state index is -0.0373. The van der Waals surface area contributed by atoms with E-state index in [9.17, 15) is 4.79 Å². The summed E-state index contributed by atoms with van der Waals surface area (Å²) in [5.41, 5.74) is 2.18. The van der Waals surface area contributed by atoms with Crippen molar-refractivity contribution in [1.29, 1.82) is 0 Å². The summed E-state index contributed by atoms with van der Waals surface area (Å²) in [4.78, 5) is 15.9. The zero-order valence-electron chi connectivity index (χ0n) is 12.5. The van der Waals surface area contributed by atoms with Crippen molar-refractivity contribution in [3.8, 4) is 0 Å². The second kappa shape index (κ2) is 6.02. The van der Waals surface area contributed by atoms with E-state index in [-0.39, 0.29) is 11.8 Å². The van der Waals surface area contributed by atoms with E-state index in [0.29, 0.717) is 5.92 Å². The van der Waals surface area contributed by atoms with Crippen LogP contribution in [0.4, 0.5) is 0 Å². The average Bonchev–Trinajstić information content (AvgIpc) is 3.17. The van der Waals surface area contributed by atoms with Crippen molar-refractivity contribution in [3.63, 3.8) is 0 Å². The topological polar surface area (TPSA) is 49.0 Å². The molecule has 3 rings (SSSR count). The first-order chi connectivity index (χ1) is 10.1. The minimum Gasteiger partial charge on any atom is -0.341 e. The number of amides is 1. The van der Waals surface area contributed by atoms with E-state index in [1.807, 2.05) is 36.3 Å². The van der Waals surface area contributed by atoms with Gasteiger partial charge in [0.05, 0.1) is 11.6 Å². The summed E-state index contributed by atoms with van der Waals surface area (Å²) < 4.78 is 0.